The summed E-state index contributed by atoms with van der Waals surface area (Å²) < 4.78 is 9.82. The first kappa shape index (κ1) is 11.6. The fourth-order valence-corrected chi connectivity index (χ4v) is 1.89. The SMILES string of the molecule is COC1CC(C(=O)O)N(C(=O)c2ccno2)C1. The number of carboxylic acids is 1. The minimum atomic E-state index is -1.04. The molecule has 1 aromatic heterocycles. The van der Waals surface area contributed by atoms with Crippen molar-refractivity contribution < 1.29 is 24.0 Å². The Balaban J connectivity index is 2.18. The highest BCUT2D eigenvalue weighted by molar-refractivity contribution is 5.94. The van der Waals surface area contributed by atoms with Gasteiger partial charge in [-0.1, -0.05) is 5.16 Å². The number of carboxylic acid groups (broad SMARTS) is 1. The summed E-state index contributed by atoms with van der Waals surface area (Å²) in [5, 5.41) is 12.5. The summed E-state index contributed by atoms with van der Waals surface area (Å²) >= 11 is 0. The standard InChI is InChI=1S/C10H12N2O5/c1-16-6-4-7(10(14)15)12(5-6)9(13)8-2-3-11-17-8/h2-3,6-7H,4-5H2,1H3,(H,14,15). The molecule has 2 heterocycles. The lowest BCUT2D eigenvalue weighted by atomic mass is 10.2. The fourth-order valence-electron chi connectivity index (χ4n) is 1.89. The Kier molecular flexibility index (Phi) is 3.10. The molecule has 2 rings (SSSR count). The van der Waals surface area contributed by atoms with Crippen molar-refractivity contribution in [2.75, 3.05) is 13.7 Å². The number of ether oxygens (including phenoxy) is 1. The molecule has 1 N–H and O–H groups in total. The molecule has 92 valence electrons. The van der Waals surface area contributed by atoms with E-state index in [-0.39, 0.29) is 24.8 Å². The van der Waals surface area contributed by atoms with E-state index >= 15 is 0 Å². The molecular weight excluding hydrogens is 228 g/mol. The highest BCUT2D eigenvalue weighted by Crippen LogP contribution is 2.22. The third-order valence-corrected chi connectivity index (χ3v) is 2.79. The van der Waals surface area contributed by atoms with E-state index in [1.807, 2.05) is 0 Å². The lowest BCUT2D eigenvalue weighted by Gasteiger charge is -2.19. The number of carbonyl (C=O) groups excluding carboxylic acids is 1. The first-order valence-corrected chi connectivity index (χ1v) is 5.10. The minimum absolute atomic E-state index is 0.0352. The van der Waals surface area contributed by atoms with Gasteiger partial charge < -0.3 is 19.3 Å². The molecular formula is C10H12N2O5. The quantitative estimate of drug-likeness (QED) is 0.798. The number of hydrogen-bond acceptors (Lipinski definition) is 5. The van der Waals surface area contributed by atoms with Crippen LogP contribution in [-0.4, -0.2) is 52.8 Å². The molecule has 1 amide bonds. The average molecular weight is 240 g/mol. The second kappa shape index (κ2) is 4.54. The van der Waals surface area contributed by atoms with Gasteiger partial charge >= 0.3 is 5.97 Å². The summed E-state index contributed by atoms with van der Waals surface area (Å²) in [6.45, 7) is 0.243. The van der Waals surface area contributed by atoms with Crippen molar-refractivity contribution in [1.29, 1.82) is 0 Å². The predicted molar refractivity (Wildman–Crippen MR) is 54.4 cm³/mol. The van der Waals surface area contributed by atoms with E-state index in [9.17, 15) is 9.59 Å². The Morgan fingerprint density at radius 1 is 1.65 bits per heavy atom. The van der Waals surface area contributed by atoms with E-state index in [0.717, 1.165) is 0 Å². The van der Waals surface area contributed by atoms with Gasteiger partial charge in [-0.3, -0.25) is 4.79 Å². The third-order valence-electron chi connectivity index (χ3n) is 2.79. The van der Waals surface area contributed by atoms with Crippen LogP contribution < -0.4 is 0 Å². The van der Waals surface area contributed by atoms with Crippen LogP contribution in [0.2, 0.25) is 0 Å². The number of nitrogens with zero attached hydrogens (tertiary/aromatic N) is 2. The van der Waals surface area contributed by atoms with Crippen molar-refractivity contribution in [3.63, 3.8) is 0 Å². The zero-order valence-corrected chi connectivity index (χ0v) is 9.20. The van der Waals surface area contributed by atoms with Crippen molar-refractivity contribution in [2.24, 2.45) is 0 Å². The van der Waals surface area contributed by atoms with Gasteiger partial charge in [-0.05, 0) is 0 Å². The topological polar surface area (TPSA) is 92.9 Å². The molecule has 0 spiro atoms. The van der Waals surface area contributed by atoms with Crippen LogP contribution in [0.1, 0.15) is 17.0 Å². The molecule has 1 saturated heterocycles. The van der Waals surface area contributed by atoms with E-state index in [2.05, 4.69) is 5.16 Å². The molecule has 7 heteroatoms. The Morgan fingerprint density at radius 3 is 2.94 bits per heavy atom. The van der Waals surface area contributed by atoms with Crippen molar-refractivity contribution in [3.8, 4) is 0 Å². The van der Waals surface area contributed by atoms with Gasteiger partial charge in [0.1, 0.15) is 6.04 Å². The van der Waals surface area contributed by atoms with Crippen LogP contribution in [0.25, 0.3) is 0 Å². The molecule has 0 aromatic carbocycles. The number of aromatic nitrogens is 1. The summed E-state index contributed by atoms with van der Waals surface area (Å²) in [6.07, 6.45) is 1.36. The number of amides is 1. The third kappa shape index (κ3) is 2.14. The highest BCUT2D eigenvalue weighted by atomic mass is 16.5. The Labute approximate surface area is 96.9 Å². The van der Waals surface area contributed by atoms with E-state index < -0.39 is 17.9 Å². The van der Waals surface area contributed by atoms with Gasteiger partial charge in [0.05, 0.1) is 12.3 Å². The highest BCUT2D eigenvalue weighted by Gasteiger charge is 2.41. The largest absolute Gasteiger partial charge is 0.480 e. The number of rotatable bonds is 3. The van der Waals surface area contributed by atoms with Gasteiger partial charge in [0, 0.05) is 26.1 Å². The number of carbonyl (C=O) groups is 2. The van der Waals surface area contributed by atoms with Crippen molar-refractivity contribution in [3.05, 3.63) is 18.0 Å². The molecule has 0 saturated carbocycles. The summed E-state index contributed by atoms with van der Waals surface area (Å²) in [6, 6.07) is 0.527. The first-order chi connectivity index (χ1) is 8.13. The predicted octanol–water partition coefficient (Wildman–Crippen LogP) is -0.0113. The molecule has 7 nitrogen and oxygen atoms in total. The Morgan fingerprint density at radius 2 is 2.41 bits per heavy atom. The molecule has 0 aliphatic carbocycles. The van der Waals surface area contributed by atoms with E-state index in [1.54, 1.807) is 0 Å². The Hall–Kier alpha value is -1.89. The van der Waals surface area contributed by atoms with Crippen LogP contribution in [0.3, 0.4) is 0 Å². The second-order valence-corrected chi connectivity index (χ2v) is 3.78. The normalized spacial score (nSPS) is 23.9. The van der Waals surface area contributed by atoms with Crippen molar-refractivity contribution in [1.82, 2.24) is 10.1 Å². The molecule has 2 atom stereocenters. The summed E-state index contributed by atoms with van der Waals surface area (Å²) in [7, 11) is 1.49. The molecule has 1 fully saturated rings. The summed E-state index contributed by atoms with van der Waals surface area (Å²) in [5.41, 5.74) is 0. The summed E-state index contributed by atoms with van der Waals surface area (Å²) in [5.74, 6) is -1.49. The molecule has 17 heavy (non-hydrogen) atoms. The van der Waals surface area contributed by atoms with Gasteiger partial charge in [0.25, 0.3) is 5.91 Å². The molecule has 0 radical (unpaired) electrons. The molecule has 0 bridgehead atoms. The number of hydrogen-bond donors (Lipinski definition) is 1. The smallest absolute Gasteiger partial charge is 0.326 e. The van der Waals surface area contributed by atoms with Gasteiger partial charge in [-0.15, -0.1) is 0 Å². The van der Waals surface area contributed by atoms with Crippen LogP contribution in [0.5, 0.6) is 0 Å². The molecule has 1 aromatic rings. The molecule has 1 aliphatic rings. The van der Waals surface area contributed by atoms with Crippen LogP contribution >= 0.6 is 0 Å². The molecule has 2 unspecified atom stereocenters. The maximum absolute atomic E-state index is 12.0. The van der Waals surface area contributed by atoms with Gasteiger partial charge in [-0.25, -0.2) is 4.79 Å². The number of methoxy groups -OCH3 is 1. The van der Waals surface area contributed by atoms with E-state index in [1.165, 1.54) is 24.3 Å². The first-order valence-electron chi connectivity index (χ1n) is 5.10. The van der Waals surface area contributed by atoms with Crippen LogP contribution in [0, 0.1) is 0 Å². The second-order valence-electron chi connectivity index (χ2n) is 3.78. The zero-order valence-electron chi connectivity index (χ0n) is 9.20. The Bertz CT molecular complexity index is 416. The van der Waals surface area contributed by atoms with Gasteiger partial charge in [-0.2, -0.15) is 0 Å². The monoisotopic (exact) mass is 240 g/mol. The van der Waals surface area contributed by atoms with E-state index in [4.69, 9.17) is 14.4 Å². The van der Waals surface area contributed by atoms with E-state index in [0.29, 0.717) is 0 Å². The van der Waals surface area contributed by atoms with Gasteiger partial charge in [0.15, 0.2) is 0 Å². The summed E-state index contributed by atoms with van der Waals surface area (Å²) in [4.78, 5) is 24.2. The lowest BCUT2D eigenvalue weighted by Crippen LogP contribution is -2.40. The van der Waals surface area contributed by atoms with Crippen LogP contribution in [0.15, 0.2) is 16.8 Å². The minimum Gasteiger partial charge on any atom is -0.480 e. The van der Waals surface area contributed by atoms with Crippen LogP contribution in [0.4, 0.5) is 0 Å². The molecule has 1 aliphatic heterocycles. The van der Waals surface area contributed by atoms with Crippen molar-refractivity contribution in [2.45, 2.75) is 18.6 Å². The number of likely N-dealkylation sites (tertiary alicyclic amines) is 1. The van der Waals surface area contributed by atoms with Gasteiger partial charge in [0.2, 0.25) is 5.76 Å². The fraction of sp³-hybridized carbons (Fsp3) is 0.500. The maximum atomic E-state index is 12.0. The average Bonchev–Trinajstić information content (AvgIpc) is 2.97. The zero-order chi connectivity index (χ0) is 12.4. The van der Waals surface area contributed by atoms with Crippen LogP contribution in [-0.2, 0) is 9.53 Å². The maximum Gasteiger partial charge on any atom is 0.326 e. The lowest BCUT2D eigenvalue weighted by molar-refractivity contribution is -0.141. The van der Waals surface area contributed by atoms with Crippen molar-refractivity contribution >= 4 is 11.9 Å². The number of aliphatic carboxylic acids is 1.